The molecule has 0 aliphatic carbocycles. The van der Waals surface area contributed by atoms with Gasteiger partial charge in [0, 0.05) is 81.1 Å². The number of likely N-dealkylation sites (N-methyl/N-ethyl adjacent to an activating group) is 2. The number of rotatable bonds is 33. The predicted octanol–water partition coefficient (Wildman–Crippen LogP) is -4.00. The van der Waals surface area contributed by atoms with Crippen LogP contribution in [-0.2, 0) is 41.0 Å². The first-order valence-corrected chi connectivity index (χ1v) is 26.6. The van der Waals surface area contributed by atoms with E-state index in [1.165, 1.54) is 61.5 Å². The van der Waals surface area contributed by atoms with E-state index in [2.05, 4.69) is 60.5 Å². The van der Waals surface area contributed by atoms with Crippen molar-refractivity contribution in [1.82, 2.24) is 29.9 Å². The number of benzene rings is 2. The van der Waals surface area contributed by atoms with Crippen molar-refractivity contribution in [2.24, 2.45) is 0 Å². The van der Waals surface area contributed by atoms with E-state index in [4.69, 9.17) is 19.7 Å². The molecule has 4 rings (SSSR count). The summed E-state index contributed by atoms with van der Waals surface area (Å²) >= 11 is -2.26. The lowest BCUT2D eigenvalue weighted by molar-refractivity contribution is -0.432. The van der Waals surface area contributed by atoms with Crippen molar-refractivity contribution in [1.29, 1.82) is 0 Å². The molecule has 0 spiro atoms. The summed E-state index contributed by atoms with van der Waals surface area (Å²) < 4.78 is 98.9. The number of hydrogen-bond acceptors (Lipinski definition) is 32. The monoisotopic (exact) mass is 1160 g/mol. The van der Waals surface area contributed by atoms with Crippen LogP contribution in [0.2, 0.25) is 0 Å². The van der Waals surface area contributed by atoms with Gasteiger partial charge in [0.1, 0.15) is 53.7 Å². The lowest BCUT2D eigenvalue weighted by atomic mass is 10.0. The summed E-state index contributed by atoms with van der Waals surface area (Å²) in [6.45, 7) is -3.12. The van der Waals surface area contributed by atoms with E-state index in [9.17, 15) is 75.6 Å². The number of nitrogens with one attached hydrogen (secondary N) is 4. The molecule has 9 atom stereocenters. The van der Waals surface area contributed by atoms with E-state index in [1.54, 1.807) is 0 Å². The summed E-state index contributed by atoms with van der Waals surface area (Å²) in [6.07, 6.45) is -12.4. The second-order valence-electron chi connectivity index (χ2n) is 15.9. The van der Waals surface area contributed by atoms with Crippen LogP contribution in [0.4, 0.5) is 47.1 Å². The lowest BCUT2D eigenvalue weighted by Gasteiger charge is -2.28. The minimum Gasteiger partial charge on any atom is -0.394 e. The van der Waals surface area contributed by atoms with Crippen LogP contribution in [-0.4, -0.2) is 235 Å². The van der Waals surface area contributed by atoms with Gasteiger partial charge in [-0.25, -0.2) is 5.26 Å². The first-order chi connectivity index (χ1) is 35.7. The first-order valence-electron chi connectivity index (χ1n) is 21.6. The van der Waals surface area contributed by atoms with Gasteiger partial charge in [-0.3, -0.25) is 13.7 Å². The fourth-order valence-corrected chi connectivity index (χ4v) is 7.93. The van der Waals surface area contributed by atoms with Crippen molar-refractivity contribution < 1.29 is 105 Å². The Labute approximate surface area is 438 Å². The van der Waals surface area contributed by atoms with Gasteiger partial charge in [0.15, 0.2) is 5.75 Å². The second kappa shape index (κ2) is 29.3. The van der Waals surface area contributed by atoms with Crippen molar-refractivity contribution in [3.05, 3.63) is 47.5 Å². The Morgan fingerprint density at radius 1 is 0.658 bits per heavy atom. The fourth-order valence-electron chi connectivity index (χ4n) is 6.27. The quantitative estimate of drug-likeness (QED) is 0.00411. The van der Waals surface area contributed by atoms with Crippen molar-refractivity contribution in [3.63, 3.8) is 0 Å². The van der Waals surface area contributed by atoms with Crippen LogP contribution in [0.5, 0.6) is 5.75 Å². The maximum atomic E-state index is 12.8. The molecule has 0 bridgehead atoms. The largest absolute Gasteiger partial charge is 0.394 e. The Morgan fingerprint density at radius 2 is 1.11 bits per heavy atom. The third-order valence-electron chi connectivity index (χ3n) is 10.1. The summed E-state index contributed by atoms with van der Waals surface area (Å²) in [6, 6.07) is 7.49. The Bertz CT molecular complexity index is 2800. The van der Waals surface area contributed by atoms with Gasteiger partial charge in [0.05, 0.1) is 19.0 Å². The molecule has 38 heteroatoms. The number of anilines is 8. The van der Waals surface area contributed by atoms with E-state index in [1.807, 2.05) is 0 Å². The average Bonchev–Trinajstić information content (AvgIpc) is 3.36. The van der Waals surface area contributed by atoms with E-state index in [-0.39, 0.29) is 76.2 Å². The number of aromatic nitrogens is 6. The maximum absolute atomic E-state index is 12.8. The standard InChI is InChI=1S/C38H56N12O22S4/c1-49(15-23(53)29(57)31(59)25(55)17-51)37-45-33(39-9-11-73-72-71-61)43-36(48-37)42-22-8-6-20(28(14-22)76(67,68)69)4-3-19-5-7-21(13-27(19)70-74(62)63)41-35-44-34(40-10-12-75(64,65)66)46-38(47-35)50(2)16-24(54)30(58)32(60)26(56)18-52/h3-8,13-14,23-26,29-32,51-61H,9-12,15-18H2,1-2H3,(H,62,63)(H,64,65,66)(H,67,68,69)(H2,39,42,43,45,48)(H2,40,41,44,46,47). The molecular weight excluding hydrogens is 1100 g/mol. The number of aliphatic hydroxyl groups is 10. The zero-order chi connectivity index (χ0) is 56.5. The van der Waals surface area contributed by atoms with Crippen LogP contribution in [0.1, 0.15) is 11.1 Å². The van der Waals surface area contributed by atoms with E-state index < -0.39 is 124 Å². The van der Waals surface area contributed by atoms with Crippen LogP contribution < -0.4 is 35.3 Å². The highest BCUT2D eigenvalue weighted by atomic mass is 32.2. The van der Waals surface area contributed by atoms with Gasteiger partial charge in [0.25, 0.3) is 20.2 Å². The maximum Gasteiger partial charge on any atom is 0.357 e. The summed E-state index contributed by atoms with van der Waals surface area (Å²) in [5, 5.41) is 123. The molecule has 2 aromatic carbocycles. The van der Waals surface area contributed by atoms with Crippen LogP contribution in [0.3, 0.4) is 0 Å². The molecule has 424 valence electrons. The summed E-state index contributed by atoms with van der Waals surface area (Å²) in [5.41, 5.74) is -0.0488. The van der Waals surface area contributed by atoms with Crippen molar-refractivity contribution >= 4 is 103 Å². The molecule has 0 aliphatic heterocycles. The molecule has 9 unspecified atom stereocenters. The molecule has 0 amide bonds. The molecule has 76 heavy (non-hydrogen) atoms. The van der Waals surface area contributed by atoms with Gasteiger partial charge >= 0.3 is 11.4 Å². The highest BCUT2D eigenvalue weighted by Crippen LogP contribution is 2.30. The van der Waals surface area contributed by atoms with Gasteiger partial charge in [-0.2, -0.15) is 50.9 Å². The predicted molar refractivity (Wildman–Crippen MR) is 269 cm³/mol. The lowest BCUT2D eigenvalue weighted by Crippen LogP contribution is -2.49. The molecule has 2 heterocycles. The third-order valence-corrected chi connectivity index (χ3v) is 12.6. The molecule has 0 aliphatic rings. The van der Waals surface area contributed by atoms with Crippen LogP contribution >= 0.6 is 12.0 Å². The molecule has 34 nitrogen and oxygen atoms in total. The van der Waals surface area contributed by atoms with Crippen LogP contribution in [0, 0.1) is 0 Å². The minimum atomic E-state index is -5.02. The zero-order valence-electron chi connectivity index (χ0n) is 39.6. The van der Waals surface area contributed by atoms with Gasteiger partial charge in [0.2, 0.25) is 35.7 Å². The molecule has 0 saturated carbocycles. The SMILES string of the molecule is CN(CC(O)C(O)C(O)C(O)CO)c1nc(NCCSOOO)nc(Nc2ccc(C=Cc3ccc(Nc4nc(NCCS(=O)(=O)O)nc(N(C)CC(O)C(O)C(O)C(O)CO)n4)cc3OS(=O)O)c(S(=O)(=O)O)c2)n1. The molecule has 2 aromatic heterocycles. The Kier molecular flexibility index (Phi) is 24.4. The van der Waals surface area contributed by atoms with Gasteiger partial charge in [-0.15, -0.1) is 4.33 Å². The third kappa shape index (κ3) is 19.8. The highest BCUT2D eigenvalue weighted by molar-refractivity contribution is 7.94. The Morgan fingerprint density at radius 3 is 1.57 bits per heavy atom. The average molecular weight is 1160 g/mol. The Balaban J connectivity index is 1.66. The fraction of sp³-hybridized carbons (Fsp3) is 0.474. The molecule has 0 radical (unpaired) electrons. The van der Waals surface area contributed by atoms with Crippen LogP contribution in [0.15, 0.2) is 41.3 Å². The van der Waals surface area contributed by atoms with E-state index in [0.29, 0.717) is 12.0 Å². The minimum absolute atomic E-state index is 0.0267. The van der Waals surface area contributed by atoms with Crippen molar-refractivity contribution in [3.8, 4) is 5.75 Å². The van der Waals surface area contributed by atoms with Crippen molar-refractivity contribution in [2.75, 3.05) is 96.1 Å². The summed E-state index contributed by atoms with van der Waals surface area (Å²) in [5.74, 6) is -2.28. The number of nitrogens with zero attached hydrogens (tertiary/aromatic N) is 8. The molecule has 4 aromatic rings. The number of hydrogen-bond donors (Lipinski definition) is 18. The Hall–Kier alpha value is -5.44. The van der Waals surface area contributed by atoms with E-state index >= 15 is 0 Å². The van der Waals surface area contributed by atoms with Gasteiger partial charge in [-0.05, 0) is 29.8 Å². The van der Waals surface area contributed by atoms with Gasteiger partial charge in [-0.1, -0.05) is 23.3 Å². The van der Waals surface area contributed by atoms with E-state index in [0.717, 1.165) is 11.0 Å². The zero-order valence-corrected chi connectivity index (χ0v) is 42.9. The van der Waals surface area contributed by atoms with Gasteiger partial charge < -0.3 is 86.3 Å². The summed E-state index contributed by atoms with van der Waals surface area (Å²) in [7, 11) is -6.76. The molecule has 18 N–H and O–H groups in total. The summed E-state index contributed by atoms with van der Waals surface area (Å²) in [4.78, 5) is 27.0. The topological polar surface area (TPSA) is 528 Å². The second-order valence-corrected chi connectivity index (χ2v) is 20.2. The molecule has 0 saturated heterocycles. The molecule has 0 fully saturated rings. The smallest absolute Gasteiger partial charge is 0.357 e. The first kappa shape index (κ1) is 63.1. The van der Waals surface area contributed by atoms with Crippen molar-refractivity contribution in [2.45, 2.75) is 53.7 Å². The molecular formula is C38H56N12O22S4. The van der Waals surface area contributed by atoms with Crippen LogP contribution in [0.25, 0.3) is 12.2 Å². The number of aliphatic hydroxyl groups excluding tert-OH is 10. The highest BCUT2D eigenvalue weighted by Gasteiger charge is 2.33. The normalized spacial score (nSPS) is 15.7.